The standard InChI is InChI=1S/C14H19NO4S/c1-2-20(17,18)15-12-8-6-11(7-9-12)14(16)13-5-3-4-10-19-13/h6-9,13,15H,2-5,10H2,1H3. The highest BCUT2D eigenvalue weighted by Gasteiger charge is 2.23. The summed E-state index contributed by atoms with van der Waals surface area (Å²) in [6, 6.07) is 6.47. The third kappa shape index (κ3) is 3.80. The van der Waals surface area contributed by atoms with Crippen molar-refractivity contribution in [2.24, 2.45) is 0 Å². The first kappa shape index (κ1) is 15.0. The maximum Gasteiger partial charge on any atom is 0.232 e. The Morgan fingerprint density at radius 2 is 2.00 bits per heavy atom. The highest BCUT2D eigenvalue weighted by Crippen LogP contribution is 2.19. The number of Topliss-reactive ketones (excluding diaryl/α,β-unsaturated/α-hetero) is 1. The Morgan fingerprint density at radius 1 is 1.30 bits per heavy atom. The Balaban J connectivity index is 2.06. The van der Waals surface area contributed by atoms with Crippen LogP contribution >= 0.6 is 0 Å². The van der Waals surface area contributed by atoms with Crippen LogP contribution in [0.1, 0.15) is 36.5 Å². The van der Waals surface area contributed by atoms with Crippen LogP contribution in [0.3, 0.4) is 0 Å². The molecule has 6 heteroatoms. The van der Waals surface area contributed by atoms with E-state index in [1.165, 1.54) is 0 Å². The molecular formula is C14H19NO4S. The number of ketones is 1. The van der Waals surface area contributed by atoms with Crippen LogP contribution in [-0.2, 0) is 14.8 Å². The van der Waals surface area contributed by atoms with Crippen molar-refractivity contribution in [2.75, 3.05) is 17.1 Å². The van der Waals surface area contributed by atoms with Gasteiger partial charge in [0.1, 0.15) is 6.10 Å². The van der Waals surface area contributed by atoms with Gasteiger partial charge in [-0.2, -0.15) is 0 Å². The third-order valence-corrected chi connectivity index (χ3v) is 4.60. The summed E-state index contributed by atoms with van der Waals surface area (Å²) in [5.74, 6) is -0.0153. The van der Waals surface area contributed by atoms with E-state index in [1.54, 1.807) is 31.2 Å². The number of hydrogen-bond donors (Lipinski definition) is 1. The molecule has 110 valence electrons. The van der Waals surface area contributed by atoms with Gasteiger partial charge in [0.15, 0.2) is 5.78 Å². The summed E-state index contributed by atoms with van der Waals surface area (Å²) in [7, 11) is -3.29. The first-order chi connectivity index (χ1) is 9.52. The Labute approximate surface area is 119 Å². The fourth-order valence-electron chi connectivity index (χ4n) is 2.09. The molecule has 1 aromatic carbocycles. The number of ether oxygens (including phenoxy) is 1. The first-order valence-electron chi connectivity index (χ1n) is 6.78. The van der Waals surface area contributed by atoms with Crippen molar-refractivity contribution < 1.29 is 17.9 Å². The van der Waals surface area contributed by atoms with Gasteiger partial charge >= 0.3 is 0 Å². The zero-order valence-electron chi connectivity index (χ0n) is 11.5. The van der Waals surface area contributed by atoms with Gasteiger partial charge in [0.2, 0.25) is 10.0 Å². The van der Waals surface area contributed by atoms with Crippen molar-refractivity contribution >= 4 is 21.5 Å². The molecular weight excluding hydrogens is 278 g/mol. The number of hydrogen-bond acceptors (Lipinski definition) is 4. The van der Waals surface area contributed by atoms with E-state index in [2.05, 4.69) is 4.72 Å². The number of nitrogens with one attached hydrogen (secondary N) is 1. The van der Waals surface area contributed by atoms with E-state index in [0.717, 1.165) is 19.3 Å². The molecule has 5 nitrogen and oxygen atoms in total. The highest BCUT2D eigenvalue weighted by molar-refractivity contribution is 7.92. The highest BCUT2D eigenvalue weighted by atomic mass is 32.2. The predicted octanol–water partition coefficient (Wildman–Crippen LogP) is 2.20. The maximum absolute atomic E-state index is 12.2. The van der Waals surface area contributed by atoms with Gasteiger partial charge in [-0.05, 0) is 50.5 Å². The molecule has 0 bridgehead atoms. The largest absolute Gasteiger partial charge is 0.370 e. The van der Waals surface area contributed by atoms with Crippen LogP contribution in [0.15, 0.2) is 24.3 Å². The molecule has 0 radical (unpaired) electrons. The van der Waals surface area contributed by atoms with E-state index in [0.29, 0.717) is 17.9 Å². The molecule has 2 rings (SSSR count). The normalized spacial score (nSPS) is 19.6. The van der Waals surface area contributed by atoms with Crippen molar-refractivity contribution in [1.82, 2.24) is 0 Å². The third-order valence-electron chi connectivity index (χ3n) is 3.29. The van der Waals surface area contributed by atoms with Gasteiger partial charge in [-0.3, -0.25) is 9.52 Å². The monoisotopic (exact) mass is 297 g/mol. The molecule has 0 amide bonds. The fourth-order valence-corrected chi connectivity index (χ4v) is 2.73. The van der Waals surface area contributed by atoms with Crippen LogP contribution in [0, 0.1) is 0 Å². The molecule has 1 aliphatic heterocycles. The van der Waals surface area contributed by atoms with E-state index >= 15 is 0 Å². The Morgan fingerprint density at radius 3 is 2.55 bits per heavy atom. The quantitative estimate of drug-likeness (QED) is 0.846. The lowest BCUT2D eigenvalue weighted by atomic mass is 10.00. The molecule has 1 aromatic rings. The van der Waals surface area contributed by atoms with Crippen molar-refractivity contribution in [2.45, 2.75) is 32.3 Å². The Kier molecular flexibility index (Phi) is 4.77. The summed E-state index contributed by atoms with van der Waals surface area (Å²) in [5.41, 5.74) is 1.02. The van der Waals surface area contributed by atoms with Gasteiger partial charge in [-0.25, -0.2) is 8.42 Å². The summed E-state index contributed by atoms with van der Waals surface area (Å²) < 4.78 is 30.8. The first-order valence-corrected chi connectivity index (χ1v) is 8.43. The predicted molar refractivity (Wildman–Crippen MR) is 77.4 cm³/mol. The zero-order valence-corrected chi connectivity index (χ0v) is 12.3. The maximum atomic E-state index is 12.2. The summed E-state index contributed by atoms with van der Waals surface area (Å²) in [4.78, 5) is 12.2. The van der Waals surface area contributed by atoms with E-state index in [4.69, 9.17) is 4.74 Å². The molecule has 1 unspecified atom stereocenters. The second-order valence-electron chi connectivity index (χ2n) is 4.80. The average molecular weight is 297 g/mol. The molecule has 1 heterocycles. The number of carbonyl (C=O) groups excluding carboxylic acids is 1. The van der Waals surface area contributed by atoms with Crippen LogP contribution in [0.25, 0.3) is 0 Å². The van der Waals surface area contributed by atoms with Crippen LogP contribution in [-0.4, -0.2) is 32.7 Å². The molecule has 0 saturated carbocycles. The van der Waals surface area contributed by atoms with Crippen LogP contribution in [0.2, 0.25) is 0 Å². The topological polar surface area (TPSA) is 72.5 Å². The van der Waals surface area contributed by atoms with E-state index in [1.807, 2.05) is 0 Å². The molecule has 1 atom stereocenters. The van der Waals surface area contributed by atoms with Gasteiger partial charge in [0, 0.05) is 17.9 Å². The minimum atomic E-state index is -3.29. The van der Waals surface area contributed by atoms with Gasteiger partial charge in [0.25, 0.3) is 0 Å². The average Bonchev–Trinajstić information content (AvgIpc) is 2.48. The fraction of sp³-hybridized carbons (Fsp3) is 0.500. The lowest BCUT2D eigenvalue weighted by molar-refractivity contribution is 0.0186. The van der Waals surface area contributed by atoms with Crippen LogP contribution < -0.4 is 4.72 Å². The van der Waals surface area contributed by atoms with Crippen molar-refractivity contribution in [3.63, 3.8) is 0 Å². The number of sulfonamides is 1. The second kappa shape index (κ2) is 6.37. The summed E-state index contributed by atoms with van der Waals surface area (Å²) in [5, 5.41) is 0. The Hall–Kier alpha value is -1.40. The molecule has 1 saturated heterocycles. The molecule has 0 aliphatic carbocycles. The van der Waals surface area contributed by atoms with Crippen LogP contribution in [0.5, 0.6) is 0 Å². The molecule has 1 aliphatic rings. The smallest absolute Gasteiger partial charge is 0.232 e. The number of rotatable bonds is 5. The lowest BCUT2D eigenvalue weighted by Crippen LogP contribution is -2.28. The van der Waals surface area contributed by atoms with Gasteiger partial charge in [-0.1, -0.05) is 0 Å². The van der Waals surface area contributed by atoms with Crippen molar-refractivity contribution in [3.8, 4) is 0 Å². The molecule has 1 N–H and O–H groups in total. The molecule has 20 heavy (non-hydrogen) atoms. The van der Waals surface area contributed by atoms with E-state index in [9.17, 15) is 13.2 Å². The summed E-state index contributed by atoms with van der Waals surface area (Å²) >= 11 is 0. The van der Waals surface area contributed by atoms with Gasteiger partial charge in [-0.15, -0.1) is 0 Å². The Bertz CT molecular complexity index is 559. The number of anilines is 1. The van der Waals surface area contributed by atoms with E-state index < -0.39 is 10.0 Å². The zero-order chi connectivity index (χ0) is 14.6. The molecule has 0 aromatic heterocycles. The molecule has 1 fully saturated rings. The van der Waals surface area contributed by atoms with Crippen molar-refractivity contribution in [1.29, 1.82) is 0 Å². The van der Waals surface area contributed by atoms with Gasteiger partial charge in [0.05, 0.1) is 5.75 Å². The van der Waals surface area contributed by atoms with E-state index in [-0.39, 0.29) is 17.6 Å². The van der Waals surface area contributed by atoms with Gasteiger partial charge < -0.3 is 4.74 Å². The van der Waals surface area contributed by atoms with Crippen LogP contribution in [0.4, 0.5) is 5.69 Å². The summed E-state index contributed by atoms with van der Waals surface area (Å²) in [6.45, 7) is 2.20. The number of benzene rings is 1. The minimum absolute atomic E-state index is 0.0175. The lowest BCUT2D eigenvalue weighted by Gasteiger charge is -2.21. The minimum Gasteiger partial charge on any atom is -0.370 e. The second-order valence-corrected chi connectivity index (χ2v) is 6.81. The SMILES string of the molecule is CCS(=O)(=O)Nc1ccc(C(=O)C2CCCCO2)cc1. The molecule has 0 spiro atoms. The van der Waals surface area contributed by atoms with Crippen molar-refractivity contribution in [3.05, 3.63) is 29.8 Å². The summed E-state index contributed by atoms with van der Waals surface area (Å²) in [6.07, 6.45) is 2.40. The number of carbonyl (C=O) groups is 1.